The molecule has 8 heteroatoms. The van der Waals surface area contributed by atoms with Gasteiger partial charge in [-0.3, -0.25) is 4.79 Å². The summed E-state index contributed by atoms with van der Waals surface area (Å²) >= 11 is 0. The molecule has 1 N–H and O–H groups in total. The maximum Gasteiger partial charge on any atom is 0.238 e. The Morgan fingerprint density at radius 3 is 2.35 bits per heavy atom. The fourth-order valence-corrected chi connectivity index (χ4v) is 3.74. The third-order valence-corrected chi connectivity index (χ3v) is 5.59. The van der Waals surface area contributed by atoms with Gasteiger partial charge in [-0.2, -0.15) is 0 Å². The molecule has 0 aliphatic carbocycles. The van der Waals surface area contributed by atoms with Crippen LogP contribution in [0.15, 0.2) is 33.6 Å². The van der Waals surface area contributed by atoms with Gasteiger partial charge in [-0.1, -0.05) is 31.5 Å². The van der Waals surface area contributed by atoms with E-state index in [4.69, 9.17) is 4.42 Å². The highest BCUT2D eigenvalue weighted by Crippen LogP contribution is 2.20. The fraction of sp³-hybridized carbons (Fsp3) is 0.500. The number of hydrogen-bond donors (Lipinski definition) is 1. The average Bonchev–Trinajstić information content (AvgIpc) is 2.99. The summed E-state index contributed by atoms with van der Waals surface area (Å²) in [6.45, 7) is 7.60. The largest absolute Gasteiger partial charge is 0.423 e. The first-order valence-corrected chi connectivity index (χ1v) is 10.2. The van der Waals surface area contributed by atoms with Gasteiger partial charge >= 0.3 is 0 Å². The molecule has 0 radical (unpaired) electrons. The van der Waals surface area contributed by atoms with E-state index in [9.17, 15) is 13.2 Å². The minimum Gasteiger partial charge on any atom is -0.423 e. The first-order chi connectivity index (χ1) is 12.2. The van der Waals surface area contributed by atoms with Gasteiger partial charge in [0, 0.05) is 13.3 Å². The lowest BCUT2D eigenvalue weighted by atomic mass is 10.0. The summed E-state index contributed by atoms with van der Waals surface area (Å²) in [6, 6.07) is 6.18. The SMILES string of the molecule is Cc1ccc(S(=O)(=O)CCC(=O)NC(CC(C)C)c2nnc(C)o2)cc1. The Labute approximate surface area is 154 Å². The van der Waals surface area contributed by atoms with Crippen molar-refractivity contribution in [1.82, 2.24) is 15.5 Å². The number of rotatable bonds is 8. The van der Waals surface area contributed by atoms with Gasteiger partial charge in [0.15, 0.2) is 9.84 Å². The summed E-state index contributed by atoms with van der Waals surface area (Å²) in [5, 5.41) is 10.6. The van der Waals surface area contributed by atoms with Crippen molar-refractivity contribution in [2.75, 3.05) is 5.75 Å². The molecule has 0 aliphatic heterocycles. The lowest BCUT2D eigenvalue weighted by Crippen LogP contribution is -2.31. The second-order valence-electron chi connectivity index (χ2n) is 6.79. The lowest BCUT2D eigenvalue weighted by Gasteiger charge is -2.17. The van der Waals surface area contributed by atoms with Crippen LogP contribution in [0.3, 0.4) is 0 Å². The predicted molar refractivity (Wildman–Crippen MR) is 97.2 cm³/mol. The van der Waals surface area contributed by atoms with Gasteiger partial charge in [-0.25, -0.2) is 8.42 Å². The van der Waals surface area contributed by atoms with Crippen LogP contribution < -0.4 is 5.32 Å². The molecule has 1 atom stereocenters. The number of aromatic nitrogens is 2. The molecule has 1 unspecified atom stereocenters. The second kappa shape index (κ2) is 8.44. The van der Waals surface area contributed by atoms with Crippen molar-refractivity contribution in [1.29, 1.82) is 0 Å². The number of carbonyl (C=O) groups is 1. The van der Waals surface area contributed by atoms with Crippen molar-refractivity contribution >= 4 is 15.7 Å². The van der Waals surface area contributed by atoms with Crippen molar-refractivity contribution in [3.63, 3.8) is 0 Å². The van der Waals surface area contributed by atoms with Crippen LogP contribution in [-0.4, -0.2) is 30.3 Å². The van der Waals surface area contributed by atoms with Crippen LogP contribution in [-0.2, 0) is 14.6 Å². The number of nitrogens with zero attached hydrogens (tertiary/aromatic N) is 2. The normalized spacial score (nSPS) is 13.0. The zero-order chi connectivity index (χ0) is 19.3. The Hall–Kier alpha value is -2.22. The molecule has 26 heavy (non-hydrogen) atoms. The quantitative estimate of drug-likeness (QED) is 0.756. The van der Waals surface area contributed by atoms with Gasteiger partial charge in [0.05, 0.1) is 10.6 Å². The summed E-state index contributed by atoms with van der Waals surface area (Å²) in [4.78, 5) is 12.5. The van der Waals surface area contributed by atoms with E-state index in [2.05, 4.69) is 15.5 Å². The van der Waals surface area contributed by atoms with Crippen LogP contribution in [0, 0.1) is 19.8 Å². The molecule has 1 heterocycles. The van der Waals surface area contributed by atoms with E-state index < -0.39 is 15.9 Å². The molecule has 0 saturated carbocycles. The minimum atomic E-state index is -3.50. The Bertz CT molecular complexity index is 842. The highest BCUT2D eigenvalue weighted by molar-refractivity contribution is 7.91. The molecule has 142 valence electrons. The Kier molecular flexibility index (Phi) is 6.52. The van der Waals surface area contributed by atoms with Crippen molar-refractivity contribution in [3.8, 4) is 0 Å². The van der Waals surface area contributed by atoms with Crippen LogP contribution in [0.1, 0.15) is 50.1 Å². The Morgan fingerprint density at radius 1 is 1.15 bits per heavy atom. The third kappa shape index (κ3) is 5.66. The average molecular weight is 379 g/mol. The standard InChI is InChI=1S/C18H25N3O4S/c1-12(2)11-16(18-21-20-14(4)25-18)19-17(22)9-10-26(23,24)15-7-5-13(3)6-8-15/h5-8,12,16H,9-11H2,1-4H3,(H,19,22). The van der Waals surface area contributed by atoms with Crippen LogP contribution >= 0.6 is 0 Å². The molecule has 0 saturated heterocycles. The van der Waals surface area contributed by atoms with Crippen LogP contribution in [0.4, 0.5) is 0 Å². The Morgan fingerprint density at radius 2 is 1.81 bits per heavy atom. The van der Waals surface area contributed by atoms with Crippen LogP contribution in [0.2, 0.25) is 0 Å². The van der Waals surface area contributed by atoms with E-state index in [1.54, 1.807) is 31.2 Å². The number of sulfone groups is 1. The highest BCUT2D eigenvalue weighted by atomic mass is 32.2. The van der Waals surface area contributed by atoms with E-state index >= 15 is 0 Å². The molecule has 2 rings (SSSR count). The molecule has 0 fully saturated rings. The van der Waals surface area contributed by atoms with E-state index in [0.29, 0.717) is 24.1 Å². The van der Waals surface area contributed by atoms with Crippen molar-refractivity contribution in [2.24, 2.45) is 5.92 Å². The molecule has 0 spiro atoms. The molecule has 7 nitrogen and oxygen atoms in total. The van der Waals surface area contributed by atoms with Gasteiger partial charge in [-0.15, -0.1) is 10.2 Å². The zero-order valence-electron chi connectivity index (χ0n) is 15.5. The monoisotopic (exact) mass is 379 g/mol. The van der Waals surface area contributed by atoms with Crippen molar-refractivity contribution in [3.05, 3.63) is 41.6 Å². The molecule has 0 aliphatic rings. The van der Waals surface area contributed by atoms with Gasteiger partial charge < -0.3 is 9.73 Å². The number of benzene rings is 1. The summed E-state index contributed by atoms with van der Waals surface area (Å²) in [7, 11) is -3.50. The van der Waals surface area contributed by atoms with Gasteiger partial charge in [-0.05, 0) is 31.4 Å². The number of carbonyl (C=O) groups excluding carboxylic acids is 1. The zero-order valence-corrected chi connectivity index (χ0v) is 16.3. The summed E-state index contributed by atoms with van der Waals surface area (Å²) in [6.07, 6.45) is 0.496. The predicted octanol–water partition coefficient (Wildman–Crippen LogP) is 2.75. The minimum absolute atomic E-state index is 0.127. The van der Waals surface area contributed by atoms with E-state index in [1.807, 2.05) is 20.8 Å². The van der Waals surface area contributed by atoms with Crippen molar-refractivity contribution in [2.45, 2.75) is 51.5 Å². The number of hydrogen-bond acceptors (Lipinski definition) is 6. The maximum absolute atomic E-state index is 12.4. The maximum atomic E-state index is 12.4. The number of aryl methyl sites for hydroxylation is 2. The molecular weight excluding hydrogens is 354 g/mol. The molecule has 2 aromatic rings. The lowest BCUT2D eigenvalue weighted by molar-refractivity contribution is -0.121. The first-order valence-electron chi connectivity index (χ1n) is 8.56. The fourth-order valence-electron chi connectivity index (χ4n) is 2.50. The number of nitrogens with one attached hydrogen (secondary N) is 1. The van der Waals surface area contributed by atoms with Gasteiger partial charge in [0.1, 0.15) is 6.04 Å². The Balaban J connectivity index is 2.00. The van der Waals surface area contributed by atoms with Crippen LogP contribution in [0.25, 0.3) is 0 Å². The van der Waals surface area contributed by atoms with E-state index in [0.717, 1.165) is 5.56 Å². The van der Waals surface area contributed by atoms with Crippen molar-refractivity contribution < 1.29 is 17.6 Å². The smallest absolute Gasteiger partial charge is 0.238 e. The topological polar surface area (TPSA) is 102 Å². The van der Waals surface area contributed by atoms with Gasteiger partial charge in [0.25, 0.3) is 0 Å². The third-order valence-electron chi connectivity index (χ3n) is 3.86. The van der Waals surface area contributed by atoms with E-state index in [1.165, 1.54) is 0 Å². The van der Waals surface area contributed by atoms with Gasteiger partial charge in [0.2, 0.25) is 17.7 Å². The molecule has 1 aromatic heterocycles. The first kappa shape index (κ1) is 20.1. The molecule has 0 bridgehead atoms. The second-order valence-corrected chi connectivity index (χ2v) is 8.90. The molecule has 1 amide bonds. The molecule has 1 aromatic carbocycles. The van der Waals surface area contributed by atoms with Crippen LogP contribution in [0.5, 0.6) is 0 Å². The summed E-state index contributed by atoms with van der Waals surface area (Å²) in [5.41, 5.74) is 0.980. The molecular formula is C18H25N3O4S. The summed E-state index contributed by atoms with van der Waals surface area (Å²) in [5.74, 6) is 0.445. The number of amides is 1. The van der Waals surface area contributed by atoms with E-state index in [-0.39, 0.29) is 23.0 Å². The summed E-state index contributed by atoms with van der Waals surface area (Å²) < 4.78 is 30.1. The highest BCUT2D eigenvalue weighted by Gasteiger charge is 2.23.